The van der Waals surface area contributed by atoms with Crippen LogP contribution in [0.3, 0.4) is 0 Å². The summed E-state index contributed by atoms with van der Waals surface area (Å²) in [6.45, 7) is 51.2. The molecule has 10 saturated carbocycles. The maximum absolute atomic E-state index is 12.7. The molecule has 16 rings (SSSR count). The molecule has 6 saturated heterocycles. The van der Waals surface area contributed by atoms with Crippen molar-refractivity contribution < 1.29 is 67.9 Å². The number of rotatable bonds is 14. The van der Waals surface area contributed by atoms with Crippen molar-refractivity contribution in [2.45, 2.75) is 359 Å². The standard InChI is InChI=1S/C44H74N2O8.C39H66N2O6.3CH4/c1-12-50-36(40(8,9)49)28-21-26(2)33-34(52-28)35(47)42(11)30-14-13-29-39(6,7)31(15-16-43(29)25-44(30,43)18-17-41(33,42)10)53-32-24-45(19-20-51-32)27-22-46(23-27)37(48)54-38(3,4)5;1-9-44-33(35(5,6)43)25-18-23(2)30-31(46-25)32(42)37(8)27-11-10-26-34(3,4)28(47-29-21-41(16-17-45-29)24-19-40-20-24)12-13-38(26)22-39(27,38)15-14-36(30,37)7;;;/h26-36,47,49H,12-25H2,1-11H3;23-33,40,42-43H,9-22H2,1-8H3;3*1H4/t26-,28-,29+,30+,31+,32+,33+,34+,35+,36+,41-,42-,43-,44?;23-,25-,26+,27+,28+,29+,30+,31+,32+,33+,36-,37-,38-,39?;;;/m11.../s1. The average molecular weight is 1470 g/mol. The molecule has 28 atom stereocenters. The number of likely N-dealkylation sites (tertiary alicyclic amines) is 1. The van der Waals surface area contributed by atoms with Gasteiger partial charge < -0.3 is 73.3 Å². The number of hydrogen-bond acceptors (Lipinski definition) is 17. The van der Waals surface area contributed by atoms with Crippen LogP contribution in [0.5, 0.6) is 0 Å². The maximum atomic E-state index is 12.7. The van der Waals surface area contributed by atoms with Crippen LogP contribution in [-0.2, 0) is 42.6 Å². The van der Waals surface area contributed by atoms with Crippen LogP contribution < -0.4 is 5.32 Å². The number of aliphatic hydroxyl groups excluding tert-OH is 2. The number of carbonyl (C=O) groups is 1. The minimum absolute atomic E-state index is 0. The zero-order valence-electron chi connectivity index (χ0n) is 66.2. The highest BCUT2D eigenvalue weighted by Gasteiger charge is 2.87. The van der Waals surface area contributed by atoms with Crippen LogP contribution >= 0.6 is 0 Å². The van der Waals surface area contributed by atoms with Crippen LogP contribution in [0.1, 0.15) is 257 Å². The monoisotopic (exact) mass is 1470 g/mol. The van der Waals surface area contributed by atoms with Crippen molar-refractivity contribution in [1.82, 2.24) is 20.0 Å². The molecule has 1 amide bonds. The number of ether oxygens (including phenoxy) is 9. The van der Waals surface area contributed by atoms with Gasteiger partial charge in [0, 0.05) is 81.9 Å². The molecule has 16 fully saturated rings. The van der Waals surface area contributed by atoms with Crippen LogP contribution in [0.4, 0.5) is 4.79 Å². The average Bonchev–Trinajstić information content (AvgIpc) is 1.46. The van der Waals surface area contributed by atoms with Crippen molar-refractivity contribution in [1.29, 1.82) is 0 Å². The summed E-state index contributed by atoms with van der Waals surface area (Å²) >= 11 is 0. The molecule has 0 bridgehead atoms. The van der Waals surface area contributed by atoms with E-state index in [2.05, 4.69) is 84.4 Å². The lowest BCUT2D eigenvalue weighted by molar-refractivity contribution is -0.253. The Labute approximate surface area is 630 Å². The topological polar surface area (TPSA) is 203 Å². The fraction of sp³-hybridized carbons (Fsp3) is 0.988. The maximum Gasteiger partial charge on any atom is 0.410 e. The summed E-state index contributed by atoms with van der Waals surface area (Å²) in [4.78, 5) is 19.4. The first kappa shape index (κ1) is 82.1. The Morgan fingerprint density at radius 1 is 0.538 bits per heavy atom. The van der Waals surface area contributed by atoms with Gasteiger partial charge in [-0.05, 0) is 256 Å². The summed E-state index contributed by atoms with van der Waals surface area (Å²) in [7, 11) is 0. The second-order valence-corrected chi connectivity index (χ2v) is 41.4. The number of fused-ring (bicyclic) bond motifs is 8. The second kappa shape index (κ2) is 27.8. The van der Waals surface area contributed by atoms with Gasteiger partial charge in [-0.25, -0.2) is 4.79 Å². The fourth-order valence-electron chi connectivity index (χ4n) is 29.6. The third kappa shape index (κ3) is 12.1. The number of hydrogen-bond donors (Lipinski definition) is 5. The predicted molar refractivity (Wildman–Crippen MR) is 406 cm³/mol. The number of aliphatic hydroxyl groups is 4. The highest BCUT2D eigenvalue weighted by molar-refractivity contribution is 5.69. The molecule has 0 radical (unpaired) electrons. The Kier molecular flexibility index (Phi) is 21.9. The fourth-order valence-corrected chi connectivity index (χ4v) is 29.6. The van der Waals surface area contributed by atoms with Gasteiger partial charge in [0.05, 0.1) is 79.8 Å². The number of nitrogens with one attached hydrogen (secondary N) is 1. The molecule has 600 valence electrons. The van der Waals surface area contributed by atoms with Gasteiger partial charge in [0.1, 0.15) is 17.8 Å². The van der Waals surface area contributed by atoms with E-state index in [0.717, 1.165) is 84.4 Å². The normalized spacial score (nSPS) is 48.9. The lowest BCUT2D eigenvalue weighted by atomic mass is 9.41. The zero-order chi connectivity index (χ0) is 72.4. The molecule has 6 heterocycles. The Balaban J connectivity index is 0.000000192. The summed E-state index contributed by atoms with van der Waals surface area (Å²) in [5.74, 6) is 3.59. The van der Waals surface area contributed by atoms with Crippen LogP contribution in [0.15, 0.2) is 0 Å². The van der Waals surface area contributed by atoms with Gasteiger partial charge >= 0.3 is 6.09 Å². The minimum atomic E-state index is -1.03. The molecule has 0 aromatic heterocycles. The van der Waals surface area contributed by atoms with Gasteiger partial charge in [0.2, 0.25) is 0 Å². The number of amides is 1. The molecule has 0 aromatic rings. The smallest absolute Gasteiger partial charge is 0.410 e. The Morgan fingerprint density at radius 2 is 0.923 bits per heavy atom. The molecule has 0 aromatic carbocycles. The molecule has 18 nitrogen and oxygen atoms in total. The molecule has 16 aliphatic rings. The van der Waals surface area contributed by atoms with Crippen LogP contribution in [-0.4, -0.2) is 223 Å². The zero-order valence-corrected chi connectivity index (χ0v) is 66.2. The Hall–Kier alpha value is -1.33. The lowest BCUT2D eigenvalue weighted by Gasteiger charge is -2.64. The second-order valence-electron chi connectivity index (χ2n) is 41.4. The number of morpholine rings is 2. The molecule has 4 spiro atoms. The Morgan fingerprint density at radius 3 is 1.29 bits per heavy atom. The van der Waals surface area contributed by atoms with E-state index >= 15 is 0 Å². The van der Waals surface area contributed by atoms with Gasteiger partial charge in [-0.15, -0.1) is 0 Å². The SMILES string of the molecule is C.C.C.CCO[C@@H]([C@H]1C[C@@H](C)[C@H]2[C@H](O1)[C@H](O)[C@@]1(C)[C@@H]3CC[C@H]4C(C)(C)[C@@H](O[C@H]5CN(C6CN(C(=O)OC(C)(C)C)C6)CCO5)CC[C@@]45CC35CC[C@]21C)C(C)(C)O.CCO[C@@H]([C@H]1C[C@@H](C)[C@H]2[C@H](O1)[C@H](O)[C@@]1(C)[C@@H]3CC[C@H]4C(C)(C)[C@@H](O[C@H]5CN(C6CNC6)CCO5)CC[C@@]45CC35CC[C@]21C)C(C)(C)O. The van der Waals surface area contributed by atoms with Gasteiger partial charge in [0.15, 0.2) is 12.6 Å². The van der Waals surface area contributed by atoms with Crippen LogP contribution in [0, 0.1) is 101 Å². The van der Waals surface area contributed by atoms with Gasteiger partial charge in [0.25, 0.3) is 0 Å². The van der Waals surface area contributed by atoms with E-state index in [9.17, 15) is 25.2 Å². The molecular weight excluding hydrogens is 1310 g/mol. The van der Waals surface area contributed by atoms with E-state index in [0.29, 0.717) is 109 Å². The largest absolute Gasteiger partial charge is 0.444 e. The molecule has 6 aliphatic heterocycles. The van der Waals surface area contributed by atoms with Gasteiger partial charge in [-0.3, -0.25) is 9.80 Å². The molecule has 5 N–H and O–H groups in total. The summed E-state index contributed by atoms with van der Waals surface area (Å²) < 4.78 is 58.3. The third-order valence-corrected chi connectivity index (χ3v) is 34.4. The number of carbonyl (C=O) groups excluding carboxylic acids is 1. The summed E-state index contributed by atoms with van der Waals surface area (Å²) in [6, 6.07) is 0.950. The van der Waals surface area contributed by atoms with Crippen molar-refractivity contribution >= 4 is 6.09 Å². The van der Waals surface area contributed by atoms with Crippen molar-refractivity contribution in [2.24, 2.45) is 101 Å². The van der Waals surface area contributed by atoms with E-state index in [-0.39, 0.29) is 115 Å². The van der Waals surface area contributed by atoms with Crippen molar-refractivity contribution in [2.75, 3.05) is 78.8 Å². The van der Waals surface area contributed by atoms with E-state index in [1.54, 1.807) is 4.90 Å². The van der Waals surface area contributed by atoms with Crippen molar-refractivity contribution in [3.63, 3.8) is 0 Å². The predicted octanol–water partition coefficient (Wildman–Crippen LogP) is 13.5. The highest BCUT2D eigenvalue weighted by atomic mass is 16.7. The van der Waals surface area contributed by atoms with E-state index in [1.807, 2.05) is 62.3 Å². The van der Waals surface area contributed by atoms with Crippen molar-refractivity contribution in [3.05, 3.63) is 0 Å². The minimum Gasteiger partial charge on any atom is -0.444 e. The van der Waals surface area contributed by atoms with E-state index in [4.69, 9.17) is 42.6 Å². The summed E-state index contributed by atoms with van der Waals surface area (Å²) in [5.41, 5.74) is -1.55. The lowest BCUT2D eigenvalue weighted by Crippen LogP contribution is -2.64. The summed E-state index contributed by atoms with van der Waals surface area (Å²) in [5, 5.41) is 50.9. The third-order valence-electron chi connectivity index (χ3n) is 34.4. The first-order valence-electron chi connectivity index (χ1n) is 41.3. The van der Waals surface area contributed by atoms with Gasteiger partial charge in [-0.2, -0.15) is 0 Å². The molecule has 2 unspecified atom stereocenters. The molecule has 104 heavy (non-hydrogen) atoms. The Bertz CT molecular complexity index is 3040. The van der Waals surface area contributed by atoms with E-state index in [1.165, 1.54) is 64.2 Å². The quantitative estimate of drug-likeness (QED) is 0.110. The number of nitrogens with zero attached hydrogens (tertiary/aromatic N) is 3. The van der Waals surface area contributed by atoms with Crippen LogP contribution in [0.25, 0.3) is 0 Å². The van der Waals surface area contributed by atoms with Crippen molar-refractivity contribution in [3.8, 4) is 0 Å². The van der Waals surface area contributed by atoms with Crippen LogP contribution in [0.2, 0.25) is 0 Å². The molecule has 10 aliphatic carbocycles. The first-order chi connectivity index (χ1) is 47.3. The van der Waals surface area contributed by atoms with E-state index < -0.39 is 41.2 Å². The van der Waals surface area contributed by atoms with Gasteiger partial charge in [-0.1, -0.05) is 91.5 Å². The first-order valence-corrected chi connectivity index (χ1v) is 41.3. The molecule has 18 heteroatoms. The highest BCUT2D eigenvalue weighted by Crippen LogP contribution is 2.91. The summed E-state index contributed by atoms with van der Waals surface area (Å²) in [6.07, 6.45) is 15.5. The molecular formula is C86H152N4O14.